The summed E-state index contributed by atoms with van der Waals surface area (Å²) in [4.78, 5) is 0. The number of nitrogens with two attached hydrogens (primary N) is 2. The lowest BCUT2D eigenvalue weighted by Gasteiger charge is -2.24. The predicted molar refractivity (Wildman–Crippen MR) is 102 cm³/mol. The smallest absolute Gasteiger partial charge is 0.129 e. The first kappa shape index (κ1) is 18.0. The quantitative estimate of drug-likeness (QED) is 0.786. The van der Waals surface area contributed by atoms with Crippen molar-refractivity contribution in [3.8, 4) is 22.6 Å². The van der Waals surface area contributed by atoms with Gasteiger partial charge in [-0.2, -0.15) is 0 Å². The Balaban J connectivity index is 2.72. The molecule has 0 heterocycles. The minimum absolute atomic E-state index is 0.0663. The van der Waals surface area contributed by atoms with Crippen LogP contribution in [0.5, 0.6) is 11.5 Å². The molecule has 0 atom stereocenters. The molecule has 0 bridgehead atoms. The average molecular weight is 328 g/mol. The maximum absolute atomic E-state index is 6.27. The van der Waals surface area contributed by atoms with Crippen LogP contribution in [0.1, 0.15) is 40.2 Å². The van der Waals surface area contributed by atoms with Gasteiger partial charge in [-0.05, 0) is 43.0 Å². The van der Waals surface area contributed by atoms with Crippen LogP contribution in [0.25, 0.3) is 11.1 Å². The number of nitrogen functional groups attached to an aromatic ring is 2. The molecule has 130 valence electrons. The number of benzene rings is 2. The molecule has 0 amide bonds. The van der Waals surface area contributed by atoms with Gasteiger partial charge in [-0.3, -0.25) is 0 Å². The summed E-state index contributed by atoms with van der Waals surface area (Å²) in [6.45, 7) is 11.5. The number of ether oxygens (including phenoxy) is 2. The van der Waals surface area contributed by atoms with Gasteiger partial charge >= 0.3 is 0 Å². The fourth-order valence-electron chi connectivity index (χ4n) is 2.77. The third kappa shape index (κ3) is 3.75. The molecule has 0 saturated heterocycles. The van der Waals surface area contributed by atoms with Crippen molar-refractivity contribution in [2.75, 3.05) is 24.7 Å². The van der Waals surface area contributed by atoms with Crippen molar-refractivity contribution in [1.82, 2.24) is 0 Å². The molecule has 24 heavy (non-hydrogen) atoms. The van der Waals surface area contributed by atoms with Gasteiger partial charge in [-0.1, -0.05) is 20.8 Å². The molecule has 0 aliphatic carbocycles. The Labute approximate surface area is 144 Å². The second-order valence-corrected chi connectivity index (χ2v) is 6.81. The third-order valence-electron chi connectivity index (χ3n) is 3.86. The van der Waals surface area contributed by atoms with E-state index in [4.69, 9.17) is 20.9 Å². The summed E-state index contributed by atoms with van der Waals surface area (Å²) in [6.07, 6.45) is 0. The fraction of sp³-hybridized carbons (Fsp3) is 0.400. The van der Waals surface area contributed by atoms with Gasteiger partial charge in [0.15, 0.2) is 0 Å². The minimum atomic E-state index is -0.0663. The first-order valence-corrected chi connectivity index (χ1v) is 8.37. The molecule has 0 radical (unpaired) electrons. The first-order valence-electron chi connectivity index (χ1n) is 8.37. The van der Waals surface area contributed by atoms with E-state index in [0.29, 0.717) is 18.9 Å². The summed E-state index contributed by atoms with van der Waals surface area (Å²) in [7, 11) is 0. The molecule has 0 aliphatic heterocycles. The molecule has 4 N–H and O–H groups in total. The second kappa shape index (κ2) is 7.04. The Morgan fingerprint density at radius 2 is 1.42 bits per heavy atom. The van der Waals surface area contributed by atoms with Crippen LogP contribution in [0, 0.1) is 0 Å². The van der Waals surface area contributed by atoms with Crippen LogP contribution >= 0.6 is 0 Å². The average Bonchev–Trinajstić information content (AvgIpc) is 2.48. The molecule has 2 rings (SSSR count). The summed E-state index contributed by atoms with van der Waals surface area (Å²) in [5.41, 5.74) is 16.6. The molecule has 4 nitrogen and oxygen atoms in total. The van der Waals surface area contributed by atoms with Gasteiger partial charge in [0.1, 0.15) is 11.5 Å². The summed E-state index contributed by atoms with van der Waals surface area (Å²) in [6, 6.07) is 9.71. The van der Waals surface area contributed by atoms with Crippen LogP contribution in [0.2, 0.25) is 0 Å². The van der Waals surface area contributed by atoms with Gasteiger partial charge in [-0.15, -0.1) is 0 Å². The van der Waals surface area contributed by atoms with Crippen LogP contribution in [-0.4, -0.2) is 13.2 Å². The van der Waals surface area contributed by atoms with Gasteiger partial charge < -0.3 is 20.9 Å². The largest absolute Gasteiger partial charge is 0.493 e. The maximum atomic E-state index is 6.27. The highest BCUT2D eigenvalue weighted by Crippen LogP contribution is 2.42. The highest BCUT2D eigenvalue weighted by molar-refractivity contribution is 5.80. The molecular weight excluding hydrogens is 300 g/mol. The van der Waals surface area contributed by atoms with Gasteiger partial charge in [0.25, 0.3) is 0 Å². The van der Waals surface area contributed by atoms with E-state index in [1.54, 1.807) is 0 Å². The van der Waals surface area contributed by atoms with Crippen molar-refractivity contribution in [2.24, 2.45) is 0 Å². The summed E-state index contributed by atoms with van der Waals surface area (Å²) < 4.78 is 11.6. The molecule has 0 spiro atoms. The van der Waals surface area contributed by atoms with Crippen molar-refractivity contribution in [3.05, 3.63) is 35.9 Å². The molecular formula is C20H28N2O2. The second-order valence-electron chi connectivity index (χ2n) is 6.81. The topological polar surface area (TPSA) is 70.5 Å². The maximum Gasteiger partial charge on any atom is 0.129 e. The molecule has 2 aromatic carbocycles. The Bertz CT molecular complexity index is 718. The van der Waals surface area contributed by atoms with Crippen LogP contribution in [0.15, 0.2) is 30.3 Å². The van der Waals surface area contributed by atoms with E-state index < -0.39 is 0 Å². The third-order valence-corrected chi connectivity index (χ3v) is 3.86. The lowest BCUT2D eigenvalue weighted by molar-refractivity contribution is 0.336. The van der Waals surface area contributed by atoms with E-state index in [1.165, 1.54) is 0 Å². The van der Waals surface area contributed by atoms with Gasteiger partial charge in [0, 0.05) is 34.6 Å². The van der Waals surface area contributed by atoms with Crippen molar-refractivity contribution in [3.63, 3.8) is 0 Å². The van der Waals surface area contributed by atoms with Crippen LogP contribution in [0.4, 0.5) is 11.4 Å². The zero-order chi connectivity index (χ0) is 17.9. The SMILES string of the molecule is CCOc1cc(N)ccc1-c1cc(C(C)(C)C)c(N)cc1OCC. The van der Waals surface area contributed by atoms with Gasteiger partial charge in [-0.25, -0.2) is 0 Å². The lowest BCUT2D eigenvalue weighted by atomic mass is 9.83. The highest BCUT2D eigenvalue weighted by Gasteiger charge is 2.22. The van der Waals surface area contributed by atoms with E-state index in [2.05, 4.69) is 26.8 Å². The zero-order valence-electron chi connectivity index (χ0n) is 15.3. The molecule has 0 unspecified atom stereocenters. The lowest BCUT2D eigenvalue weighted by Crippen LogP contribution is -2.14. The van der Waals surface area contributed by atoms with Crippen LogP contribution in [-0.2, 0) is 5.41 Å². The highest BCUT2D eigenvalue weighted by atomic mass is 16.5. The zero-order valence-corrected chi connectivity index (χ0v) is 15.3. The molecule has 0 fully saturated rings. The van der Waals surface area contributed by atoms with Crippen molar-refractivity contribution in [2.45, 2.75) is 40.0 Å². The first-order chi connectivity index (χ1) is 11.3. The monoisotopic (exact) mass is 328 g/mol. The van der Waals surface area contributed by atoms with Crippen LogP contribution in [0.3, 0.4) is 0 Å². The van der Waals surface area contributed by atoms with Crippen molar-refractivity contribution < 1.29 is 9.47 Å². The minimum Gasteiger partial charge on any atom is -0.493 e. The molecule has 4 heteroatoms. The summed E-state index contributed by atoms with van der Waals surface area (Å²) >= 11 is 0. The number of rotatable bonds is 5. The molecule has 0 saturated carbocycles. The molecule has 0 aromatic heterocycles. The van der Waals surface area contributed by atoms with E-state index in [1.807, 2.05) is 38.1 Å². The van der Waals surface area contributed by atoms with Crippen molar-refractivity contribution >= 4 is 11.4 Å². The Morgan fingerprint density at radius 1 is 0.833 bits per heavy atom. The predicted octanol–water partition coefficient (Wildman–Crippen LogP) is 4.61. The van der Waals surface area contributed by atoms with Crippen molar-refractivity contribution in [1.29, 1.82) is 0 Å². The number of anilines is 2. The number of hydrogen-bond acceptors (Lipinski definition) is 4. The van der Waals surface area contributed by atoms with E-state index >= 15 is 0 Å². The Hall–Kier alpha value is -2.36. The number of hydrogen-bond donors (Lipinski definition) is 2. The Kier molecular flexibility index (Phi) is 5.27. The normalized spacial score (nSPS) is 11.4. The Morgan fingerprint density at radius 3 is 1.96 bits per heavy atom. The summed E-state index contributed by atoms with van der Waals surface area (Å²) in [5, 5.41) is 0. The van der Waals surface area contributed by atoms with E-state index in [0.717, 1.165) is 33.9 Å². The summed E-state index contributed by atoms with van der Waals surface area (Å²) in [5.74, 6) is 1.51. The van der Waals surface area contributed by atoms with Gasteiger partial charge in [0.05, 0.1) is 13.2 Å². The fourth-order valence-corrected chi connectivity index (χ4v) is 2.77. The van der Waals surface area contributed by atoms with E-state index in [-0.39, 0.29) is 5.41 Å². The van der Waals surface area contributed by atoms with Crippen LogP contribution < -0.4 is 20.9 Å². The van der Waals surface area contributed by atoms with E-state index in [9.17, 15) is 0 Å². The standard InChI is InChI=1S/C20H28N2O2/c1-6-23-18-10-13(21)8-9-14(18)15-11-16(20(3,4)5)17(22)12-19(15)24-7-2/h8-12H,6-7,21-22H2,1-5H3. The molecule has 2 aromatic rings. The molecule has 0 aliphatic rings. The van der Waals surface area contributed by atoms with Gasteiger partial charge in [0.2, 0.25) is 0 Å².